The minimum atomic E-state index is -0.476. The zero-order valence-electron chi connectivity index (χ0n) is 12.7. The van der Waals surface area contributed by atoms with Crippen LogP contribution in [0.5, 0.6) is 0 Å². The first-order valence-electron chi connectivity index (χ1n) is 8.24. The Hall–Kier alpha value is -0.730. The van der Waals surface area contributed by atoms with Crippen LogP contribution >= 0.6 is 23.2 Å². The molecule has 2 nitrogen and oxygen atoms in total. The first kappa shape index (κ1) is 14.8. The third-order valence-electron chi connectivity index (χ3n) is 5.91. The van der Waals surface area contributed by atoms with E-state index in [0.29, 0.717) is 23.7 Å². The standard InChI is InChI=1S/C18H21Cl2NO/c1-10-3-2-4-11(9-10)21-17(22)16-12-5-7-14-15(18(14,19)20)8-6-13(12)16/h2-4,9,12-16H,5-8H2,1H3,(H,21,22)/t12-,13-,14-,15+,16?/m1/s1. The Morgan fingerprint density at radius 2 is 1.77 bits per heavy atom. The van der Waals surface area contributed by atoms with Crippen LogP contribution in [0.1, 0.15) is 31.2 Å². The molecule has 1 amide bonds. The molecule has 4 heteroatoms. The molecular weight excluding hydrogens is 317 g/mol. The smallest absolute Gasteiger partial charge is 0.228 e. The highest BCUT2D eigenvalue weighted by atomic mass is 35.5. The average Bonchev–Trinajstić information content (AvgIpc) is 3.23. The number of fused-ring (bicyclic) bond motifs is 2. The van der Waals surface area contributed by atoms with Crippen molar-refractivity contribution in [1.82, 2.24) is 0 Å². The molecule has 3 aliphatic rings. The van der Waals surface area contributed by atoms with Crippen molar-refractivity contribution in [2.45, 2.75) is 36.9 Å². The van der Waals surface area contributed by atoms with Crippen molar-refractivity contribution in [3.05, 3.63) is 29.8 Å². The molecule has 1 aromatic carbocycles. The number of benzene rings is 1. The summed E-state index contributed by atoms with van der Waals surface area (Å²) >= 11 is 12.7. The van der Waals surface area contributed by atoms with Gasteiger partial charge in [0.05, 0.1) is 0 Å². The fraction of sp³-hybridized carbons (Fsp3) is 0.611. The summed E-state index contributed by atoms with van der Waals surface area (Å²) in [5.74, 6) is 2.37. The van der Waals surface area contributed by atoms with Gasteiger partial charge in [-0.2, -0.15) is 0 Å². The third kappa shape index (κ3) is 2.45. The van der Waals surface area contributed by atoms with E-state index < -0.39 is 4.33 Å². The molecule has 1 N–H and O–H groups in total. The number of anilines is 1. The monoisotopic (exact) mass is 337 g/mol. The van der Waals surface area contributed by atoms with Crippen molar-refractivity contribution in [2.24, 2.45) is 29.6 Å². The van der Waals surface area contributed by atoms with Gasteiger partial charge in [-0.3, -0.25) is 4.79 Å². The molecule has 0 radical (unpaired) electrons. The van der Waals surface area contributed by atoms with Gasteiger partial charge in [0.1, 0.15) is 4.33 Å². The van der Waals surface area contributed by atoms with Gasteiger partial charge in [-0.25, -0.2) is 0 Å². The Labute approximate surface area is 141 Å². The fourth-order valence-electron chi connectivity index (χ4n) is 4.56. The topological polar surface area (TPSA) is 29.1 Å². The zero-order valence-corrected chi connectivity index (χ0v) is 14.2. The second kappa shape index (κ2) is 5.14. The van der Waals surface area contributed by atoms with Gasteiger partial charge in [0.2, 0.25) is 5.91 Å². The lowest BCUT2D eigenvalue weighted by atomic mass is 10.0. The molecule has 0 bridgehead atoms. The van der Waals surface area contributed by atoms with Crippen molar-refractivity contribution < 1.29 is 4.79 Å². The van der Waals surface area contributed by atoms with Crippen molar-refractivity contribution in [3.8, 4) is 0 Å². The van der Waals surface area contributed by atoms with Gasteiger partial charge in [0.15, 0.2) is 0 Å². The Kier molecular flexibility index (Phi) is 3.47. The SMILES string of the molecule is Cc1cccc(NC(=O)C2[C@@H]3CC[C@@H]4[C@H](CC[C@@H]23)C4(Cl)Cl)c1. The number of carbonyl (C=O) groups excluding carboxylic acids is 1. The Morgan fingerprint density at radius 3 is 2.36 bits per heavy atom. The van der Waals surface area contributed by atoms with Crippen LogP contribution in [0.15, 0.2) is 24.3 Å². The van der Waals surface area contributed by atoms with Crippen LogP contribution in [0.2, 0.25) is 0 Å². The highest BCUT2D eigenvalue weighted by molar-refractivity contribution is 6.51. The van der Waals surface area contributed by atoms with E-state index in [1.807, 2.05) is 31.2 Å². The van der Waals surface area contributed by atoms with Gasteiger partial charge >= 0.3 is 0 Å². The number of hydrogen-bond donors (Lipinski definition) is 1. The van der Waals surface area contributed by atoms with Crippen molar-refractivity contribution in [2.75, 3.05) is 5.32 Å². The molecule has 0 saturated heterocycles. The van der Waals surface area contributed by atoms with Gasteiger partial charge in [0, 0.05) is 11.6 Å². The number of hydrogen-bond acceptors (Lipinski definition) is 1. The normalized spacial score (nSPS) is 38.0. The molecule has 3 saturated carbocycles. The molecule has 0 spiro atoms. The Balaban J connectivity index is 1.38. The number of halogens is 2. The van der Waals surface area contributed by atoms with E-state index in [1.54, 1.807) is 0 Å². The van der Waals surface area contributed by atoms with Crippen LogP contribution in [-0.4, -0.2) is 10.2 Å². The number of carbonyl (C=O) groups is 1. The molecule has 0 aliphatic heterocycles. The van der Waals surface area contributed by atoms with E-state index in [9.17, 15) is 4.79 Å². The van der Waals surface area contributed by atoms with E-state index in [4.69, 9.17) is 23.2 Å². The second-order valence-corrected chi connectivity index (χ2v) is 8.70. The minimum Gasteiger partial charge on any atom is -0.326 e. The Morgan fingerprint density at radius 1 is 1.14 bits per heavy atom. The van der Waals surface area contributed by atoms with Crippen molar-refractivity contribution in [3.63, 3.8) is 0 Å². The average molecular weight is 338 g/mol. The highest BCUT2D eigenvalue weighted by Gasteiger charge is 2.65. The number of nitrogens with one attached hydrogen (secondary N) is 1. The lowest BCUT2D eigenvalue weighted by Gasteiger charge is -2.06. The number of alkyl halides is 2. The van der Waals surface area contributed by atoms with Crippen molar-refractivity contribution in [1.29, 1.82) is 0 Å². The molecule has 5 atom stereocenters. The molecule has 0 aromatic heterocycles. The van der Waals surface area contributed by atoms with Gasteiger partial charge in [-0.1, -0.05) is 12.1 Å². The number of rotatable bonds is 2. The summed E-state index contributed by atoms with van der Waals surface area (Å²) in [7, 11) is 0. The molecule has 3 aliphatic carbocycles. The molecule has 118 valence electrons. The van der Waals surface area contributed by atoms with Gasteiger partial charge in [0.25, 0.3) is 0 Å². The molecule has 3 fully saturated rings. The second-order valence-electron chi connectivity index (χ2n) is 7.25. The fourth-order valence-corrected chi connectivity index (χ4v) is 5.48. The quantitative estimate of drug-likeness (QED) is 0.772. The van der Waals surface area contributed by atoms with Crippen LogP contribution in [0.4, 0.5) is 5.69 Å². The lowest BCUT2D eigenvalue weighted by molar-refractivity contribution is -0.117. The molecule has 0 heterocycles. The van der Waals surface area contributed by atoms with E-state index in [0.717, 1.165) is 31.4 Å². The van der Waals surface area contributed by atoms with Crippen LogP contribution in [0.3, 0.4) is 0 Å². The third-order valence-corrected chi connectivity index (χ3v) is 7.03. The van der Waals surface area contributed by atoms with E-state index >= 15 is 0 Å². The molecule has 1 aromatic rings. The van der Waals surface area contributed by atoms with E-state index in [2.05, 4.69) is 5.32 Å². The first-order chi connectivity index (χ1) is 10.5. The predicted molar refractivity (Wildman–Crippen MR) is 90.2 cm³/mol. The summed E-state index contributed by atoms with van der Waals surface area (Å²) in [6, 6.07) is 8.00. The molecule has 22 heavy (non-hydrogen) atoms. The Bertz CT molecular complexity index is 593. The molecule has 1 unspecified atom stereocenters. The minimum absolute atomic E-state index is 0.193. The predicted octanol–water partition coefficient (Wildman–Crippen LogP) is 4.79. The maximum atomic E-state index is 12.5. The lowest BCUT2D eigenvalue weighted by Crippen LogP contribution is -2.15. The van der Waals surface area contributed by atoms with Crippen molar-refractivity contribution >= 4 is 34.8 Å². The maximum absolute atomic E-state index is 12.5. The summed E-state index contributed by atoms with van der Waals surface area (Å²) in [5.41, 5.74) is 2.08. The summed E-state index contributed by atoms with van der Waals surface area (Å²) in [6.45, 7) is 2.04. The molecule has 4 rings (SSSR count). The number of amides is 1. The van der Waals surface area contributed by atoms with Gasteiger partial charge < -0.3 is 5.32 Å². The summed E-state index contributed by atoms with van der Waals surface area (Å²) in [5, 5.41) is 3.09. The van der Waals surface area contributed by atoms with Crippen LogP contribution in [0, 0.1) is 36.5 Å². The zero-order chi connectivity index (χ0) is 15.5. The van der Waals surface area contributed by atoms with E-state index in [1.165, 1.54) is 5.56 Å². The van der Waals surface area contributed by atoms with Crippen LogP contribution < -0.4 is 5.32 Å². The van der Waals surface area contributed by atoms with Crippen LogP contribution in [0.25, 0.3) is 0 Å². The number of aryl methyl sites for hydroxylation is 1. The highest BCUT2D eigenvalue weighted by Crippen LogP contribution is 2.67. The van der Waals surface area contributed by atoms with Gasteiger partial charge in [-0.05, 0) is 74.0 Å². The maximum Gasteiger partial charge on any atom is 0.228 e. The summed E-state index contributed by atoms with van der Waals surface area (Å²) in [4.78, 5) is 12.5. The first-order valence-corrected chi connectivity index (χ1v) is 8.99. The summed E-state index contributed by atoms with van der Waals surface area (Å²) in [6.07, 6.45) is 4.35. The van der Waals surface area contributed by atoms with Crippen LogP contribution in [-0.2, 0) is 4.79 Å². The van der Waals surface area contributed by atoms with E-state index in [-0.39, 0.29) is 11.8 Å². The summed E-state index contributed by atoms with van der Waals surface area (Å²) < 4.78 is -0.476. The molecular formula is C18H21Cl2NO. The largest absolute Gasteiger partial charge is 0.326 e. The van der Waals surface area contributed by atoms with Gasteiger partial charge in [-0.15, -0.1) is 23.2 Å².